The fourth-order valence-electron chi connectivity index (χ4n) is 1.82. The van der Waals surface area contributed by atoms with Crippen LogP contribution in [0.4, 0.5) is 0 Å². The van der Waals surface area contributed by atoms with Gasteiger partial charge in [-0.3, -0.25) is 4.79 Å². The molecule has 3 nitrogen and oxygen atoms in total. The maximum atomic E-state index is 11.8. The van der Waals surface area contributed by atoms with Crippen molar-refractivity contribution in [3.8, 4) is 0 Å². The van der Waals surface area contributed by atoms with Crippen LogP contribution in [0.2, 0.25) is 0 Å². The summed E-state index contributed by atoms with van der Waals surface area (Å²) in [4.78, 5) is 23.5. The van der Waals surface area contributed by atoms with E-state index in [0.717, 1.165) is 22.1 Å². The molecule has 0 radical (unpaired) electrons. The number of hydrogen-bond donors (Lipinski definition) is 0. The zero-order chi connectivity index (χ0) is 11.8. The first-order valence-electron chi connectivity index (χ1n) is 5.12. The van der Waals surface area contributed by atoms with Crippen LogP contribution in [0.1, 0.15) is 0 Å². The molecule has 2 heterocycles. The van der Waals surface area contributed by atoms with E-state index in [-0.39, 0.29) is 10.3 Å². The van der Waals surface area contributed by atoms with Gasteiger partial charge in [-0.15, -0.1) is 4.40 Å². The van der Waals surface area contributed by atoms with Crippen molar-refractivity contribution in [2.75, 3.05) is 0 Å². The Bertz CT molecular complexity index is 770. The molecule has 0 atom stereocenters. The smallest absolute Gasteiger partial charge is 0.282 e. The maximum absolute atomic E-state index is 11.8. The molecule has 0 N–H and O–H groups in total. The standard InChI is InChI=1S/C13H8NO2S/c15-12-5-6-17-13(16)14-8-10-4-2-1-3-9(10)7-11(12)14/h1-8H/q+1. The maximum Gasteiger partial charge on any atom is 0.478 e. The third kappa shape index (κ3) is 1.62. The molecule has 0 saturated carbocycles. The molecule has 1 aromatic carbocycles. The second-order valence-corrected chi connectivity index (χ2v) is 4.57. The molecule has 0 amide bonds. The number of aromatic nitrogens is 1. The first kappa shape index (κ1) is 10.1. The van der Waals surface area contributed by atoms with E-state index >= 15 is 0 Å². The lowest BCUT2D eigenvalue weighted by atomic mass is 10.1. The van der Waals surface area contributed by atoms with E-state index in [1.54, 1.807) is 12.3 Å². The van der Waals surface area contributed by atoms with Crippen molar-refractivity contribution in [2.24, 2.45) is 0 Å². The van der Waals surface area contributed by atoms with Crippen molar-refractivity contribution in [2.45, 2.75) is 0 Å². The van der Waals surface area contributed by atoms with E-state index in [9.17, 15) is 9.59 Å². The van der Waals surface area contributed by atoms with Crippen LogP contribution >= 0.6 is 11.3 Å². The molecule has 17 heavy (non-hydrogen) atoms. The van der Waals surface area contributed by atoms with Crippen molar-refractivity contribution in [3.63, 3.8) is 0 Å². The number of rotatable bonds is 0. The van der Waals surface area contributed by atoms with Crippen LogP contribution in [-0.4, -0.2) is 0 Å². The Kier molecular flexibility index (Phi) is 2.23. The summed E-state index contributed by atoms with van der Waals surface area (Å²) in [5.74, 6) is 0. The molecule has 0 aliphatic heterocycles. The monoisotopic (exact) mass is 242 g/mol. The molecular weight excluding hydrogens is 234 g/mol. The van der Waals surface area contributed by atoms with Crippen LogP contribution in [-0.2, 0) is 0 Å². The van der Waals surface area contributed by atoms with E-state index in [4.69, 9.17) is 0 Å². The highest BCUT2D eigenvalue weighted by atomic mass is 32.1. The zero-order valence-corrected chi connectivity index (χ0v) is 9.61. The number of fused-ring (bicyclic) bond motifs is 2. The van der Waals surface area contributed by atoms with Gasteiger partial charge in [-0.1, -0.05) is 18.2 Å². The van der Waals surface area contributed by atoms with E-state index in [2.05, 4.69) is 0 Å². The Morgan fingerprint density at radius 2 is 1.76 bits per heavy atom. The molecule has 0 unspecified atom stereocenters. The lowest BCUT2D eigenvalue weighted by molar-refractivity contribution is -0.522. The number of pyridine rings is 1. The van der Waals surface area contributed by atoms with Crippen LogP contribution in [0.15, 0.2) is 57.6 Å². The highest BCUT2D eigenvalue weighted by Crippen LogP contribution is 2.10. The largest absolute Gasteiger partial charge is 0.478 e. The molecule has 0 aliphatic rings. The number of nitrogens with zero attached hydrogens (tertiary/aromatic N) is 1. The quantitative estimate of drug-likeness (QED) is 0.558. The fourth-order valence-corrected chi connectivity index (χ4v) is 2.40. The van der Waals surface area contributed by atoms with Crippen LogP contribution in [0, 0.1) is 0 Å². The van der Waals surface area contributed by atoms with E-state index in [1.807, 2.05) is 24.3 Å². The van der Waals surface area contributed by atoms with Crippen molar-refractivity contribution >= 4 is 27.6 Å². The fraction of sp³-hybridized carbons (Fsp3) is 0. The average Bonchev–Trinajstić information content (AvgIpc) is 2.48. The van der Waals surface area contributed by atoms with Crippen molar-refractivity contribution in [3.05, 3.63) is 67.9 Å². The Morgan fingerprint density at radius 1 is 1.00 bits per heavy atom. The highest BCUT2D eigenvalue weighted by molar-refractivity contribution is 7.06. The first-order valence-corrected chi connectivity index (χ1v) is 6.00. The molecule has 0 fully saturated rings. The van der Waals surface area contributed by atoms with Gasteiger partial charge >= 0.3 is 4.87 Å². The van der Waals surface area contributed by atoms with Gasteiger partial charge in [0.25, 0.3) is 10.9 Å². The molecule has 4 heteroatoms. The SMILES string of the molecule is O=c1ccsc(=O)[n+]2cc3ccccc3cc12. The molecule has 0 bridgehead atoms. The number of benzene rings is 1. The minimum absolute atomic E-state index is 0.144. The summed E-state index contributed by atoms with van der Waals surface area (Å²) in [5, 5.41) is 3.43. The van der Waals surface area contributed by atoms with Gasteiger partial charge in [-0.05, 0) is 22.8 Å². The molecule has 3 aromatic rings. The second kappa shape index (κ2) is 3.75. The van der Waals surface area contributed by atoms with Gasteiger partial charge in [0.05, 0.1) is 0 Å². The normalized spacial score (nSPS) is 10.8. The summed E-state index contributed by atoms with van der Waals surface area (Å²) in [5.41, 5.74) is 0.268. The summed E-state index contributed by atoms with van der Waals surface area (Å²) in [6, 6.07) is 10.8. The predicted octanol–water partition coefficient (Wildman–Crippen LogP) is 1.36. The molecule has 0 aliphatic carbocycles. The third-order valence-electron chi connectivity index (χ3n) is 2.65. The van der Waals surface area contributed by atoms with Gasteiger partial charge in [0, 0.05) is 22.9 Å². The zero-order valence-electron chi connectivity index (χ0n) is 8.79. The molecule has 2 aromatic heterocycles. The lowest BCUT2D eigenvalue weighted by Gasteiger charge is -1.92. The summed E-state index contributed by atoms with van der Waals surface area (Å²) < 4.78 is 1.41. The van der Waals surface area contributed by atoms with Crippen LogP contribution in [0.25, 0.3) is 16.3 Å². The molecule has 82 valence electrons. The van der Waals surface area contributed by atoms with Gasteiger partial charge in [0.2, 0.25) is 0 Å². The summed E-state index contributed by atoms with van der Waals surface area (Å²) in [6.45, 7) is 0. The lowest BCUT2D eigenvalue weighted by Crippen LogP contribution is -2.39. The van der Waals surface area contributed by atoms with Gasteiger partial charge in [0.1, 0.15) is 0 Å². The minimum atomic E-state index is -0.159. The molecular formula is C13H8NO2S+. The van der Waals surface area contributed by atoms with Gasteiger partial charge < -0.3 is 0 Å². The Hall–Kier alpha value is -2.07. The van der Waals surface area contributed by atoms with Gasteiger partial charge in [-0.2, -0.15) is 0 Å². The number of hydrogen-bond acceptors (Lipinski definition) is 3. The Labute approximate surface area is 100 Å². The van der Waals surface area contributed by atoms with Crippen LogP contribution in [0.3, 0.4) is 0 Å². The Morgan fingerprint density at radius 3 is 2.59 bits per heavy atom. The average molecular weight is 242 g/mol. The van der Waals surface area contributed by atoms with E-state index < -0.39 is 0 Å². The highest BCUT2D eigenvalue weighted by Gasteiger charge is 2.10. The second-order valence-electron chi connectivity index (χ2n) is 3.71. The minimum Gasteiger partial charge on any atom is -0.282 e. The van der Waals surface area contributed by atoms with Crippen molar-refractivity contribution < 1.29 is 4.40 Å². The predicted molar refractivity (Wildman–Crippen MR) is 67.5 cm³/mol. The van der Waals surface area contributed by atoms with E-state index in [0.29, 0.717) is 5.52 Å². The van der Waals surface area contributed by atoms with Crippen molar-refractivity contribution in [1.82, 2.24) is 0 Å². The topological polar surface area (TPSA) is 38.2 Å². The summed E-state index contributed by atoms with van der Waals surface area (Å²) in [7, 11) is 0. The molecule has 3 rings (SSSR count). The van der Waals surface area contributed by atoms with Crippen LogP contribution in [0.5, 0.6) is 0 Å². The summed E-state index contributed by atoms with van der Waals surface area (Å²) >= 11 is 1.02. The van der Waals surface area contributed by atoms with E-state index in [1.165, 1.54) is 15.8 Å². The third-order valence-corrected chi connectivity index (χ3v) is 3.32. The van der Waals surface area contributed by atoms with Crippen molar-refractivity contribution in [1.29, 1.82) is 0 Å². The Balaban J connectivity index is 2.69. The van der Waals surface area contributed by atoms with Gasteiger partial charge in [-0.25, -0.2) is 4.79 Å². The van der Waals surface area contributed by atoms with Crippen LogP contribution < -0.4 is 14.7 Å². The molecule has 0 spiro atoms. The van der Waals surface area contributed by atoms with Gasteiger partial charge in [0.15, 0.2) is 6.20 Å². The molecule has 0 saturated heterocycles. The first-order chi connectivity index (χ1) is 8.25. The summed E-state index contributed by atoms with van der Waals surface area (Å²) in [6.07, 6.45) is 1.71.